The Morgan fingerprint density at radius 3 is 1.68 bits per heavy atom. The molecular weight excluding hydrogens is 763 g/mol. The topological polar surface area (TPSA) is 0 Å². The van der Waals surface area contributed by atoms with Crippen LogP contribution in [0.15, 0.2) is 140 Å². The number of unbranched alkanes of at least 4 members (excludes halogenated alkanes) is 1. The first-order chi connectivity index (χ1) is 24.5. The molecule has 0 N–H and O–H groups in total. The number of rotatable bonds is 7. The van der Waals surface area contributed by atoms with Crippen molar-refractivity contribution in [2.24, 2.45) is 0 Å². The number of hydrogen-bond donors (Lipinski definition) is 0. The predicted octanol–water partition coefficient (Wildman–Crippen LogP) is 7.54. The molecule has 3 heteroatoms. The number of benzene rings is 5. The van der Waals surface area contributed by atoms with Crippen molar-refractivity contribution in [3.05, 3.63) is 173 Å². The van der Waals surface area contributed by atoms with E-state index in [4.69, 9.17) is 0 Å². The third-order valence-corrected chi connectivity index (χ3v) is 10.5. The Bertz CT molecular complexity index is 1860. The number of fused-ring (bicyclic) bond motifs is 3. The van der Waals surface area contributed by atoms with Crippen molar-refractivity contribution >= 4 is 3.21 Å². The molecule has 0 fully saturated rings. The van der Waals surface area contributed by atoms with Crippen LogP contribution in [0.2, 0.25) is 0 Å². The standard InChI is InChI=1S/C33H33.C12H16.C5H5.2ClH.Zr/c1-32(2,3)30-20-26-24(18-28(30)22-13-9-7-10-14-22)17-25-19-29(23-15-11-8-12-16-23)31(21-27(25)26)33(4,5)6;1-2-3-4-6-9-12-10-7-5-8-11-12;1-2-4-5-3-1;;;/h7-16,18,20-21H,17H2,1-6H3;5,7-8,10-11H,2-4,9H2,1H3;1-5H;2*1H;/q-1;;-1;;;+2/p-2. The third-order valence-electron chi connectivity index (χ3n) is 9.47. The van der Waals surface area contributed by atoms with Crippen LogP contribution in [0.4, 0.5) is 0 Å². The molecule has 0 spiro atoms. The van der Waals surface area contributed by atoms with Crippen molar-refractivity contribution in [1.82, 2.24) is 0 Å². The molecule has 7 rings (SSSR count). The average Bonchev–Trinajstić information content (AvgIpc) is 3.82. The number of hydrogen-bond acceptors (Lipinski definition) is 0. The van der Waals surface area contributed by atoms with Gasteiger partial charge in [0.25, 0.3) is 0 Å². The summed E-state index contributed by atoms with van der Waals surface area (Å²) in [6.45, 7) is 16.1. The van der Waals surface area contributed by atoms with Crippen LogP contribution in [0.3, 0.4) is 0 Å². The Balaban J connectivity index is 0.000000313. The summed E-state index contributed by atoms with van der Waals surface area (Å²) in [5.41, 5.74) is 15.0. The van der Waals surface area contributed by atoms with E-state index in [1.165, 1.54) is 86.9 Å². The van der Waals surface area contributed by atoms with Gasteiger partial charge in [-0.2, -0.15) is 18.2 Å². The van der Waals surface area contributed by atoms with Crippen LogP contribution in [0.1, 0.15) is 95.5 Å². The Morgan fingerprint density at radius 1 is 0.642 bits per heavy atom. The van der Waals surface area contributed by atoms with E-state index < -0.39 is 0 Å². The second-order valence-corrected chi connectivity index (χ2v) is 17.5. The first-order valence-electron chi connectivity index (χ1n) is 18.6. The fraction of sp³-hybridized carbons (Fsp3) is 0.280. The quantitative estimate of drug-likeness (QED) is 0.146. The summed E-state index contributed by atoms with van der Waals surface area (Å²) in [6.07, 6.45) is 6.13. The average molecular weight is 817 g/mol. The SMILES string of the molecule is CC(C)(C)c1cc2c([c-]c1-c1ccccc1)Cc1cc(-c3ccccc3)c(C(C)(C)C)cc1-2.CCCC[C](=[Zr+2])Cc1ccccc1.[Cl-].[Cl-].c1cc[cH-]c1. The zero-order valence-electron chi connectivity index (χ0n) is 32.6. The minimum atomic E-state index is 0. The Hall–Kier alpha value is -3.22. The summed E-state index contributed by atoms with van der Waals surface area (Å²) < 4.78 is 1.69. The molecule has 274 valence electrons. The van der Waals surface area contributed by atoms with E-state index in [0.717, 1.165) is 6.42 Å². The molecule has 0 atom stereocenters. The molecule has 0 nitrogen and oxygen atoms in total. The van der Waals surface area contributed by atoms with Crippen LogP contribution in [0.5, 0.6) is 0 Å². The molecule has 6 aromatic carbocycles. The molecule has 0 bridgehead atoms. The first-order valence-corrected chi connectivity index (χ1v) is 19.8. The zero-order chi connectivity index (χ0) is 36.4. The minimum absolute atomic E-state index is 0. The van der Waals surface area contributed by atoms with Gasteiger partial charge in [-0.25, -0.2) is 12.1 Å². The maximum Gasteiger partial charge on any atom is -0.172 e. The van der Waals surface area contributed by atoms with E-state index >= 15 is 0 Å². The first kappa shape index (κ1) is 44.2. The van der Waals surface area contributed by atoms with Crippen LogP contribution in [0.25, 0.3) is 33.4 Å². The second kappa shape index (κ2) is 20.5. The van der Waals surface area contributed by atoms with Gasteiger partial charge in [0.2, 0.25) is 0 Å². The molecular formula is C50H54Cl2Zr-2. The third kappa shape index (κ3) is 12.1. The van der Waals surface area contributed by atoms with Gasteiger partial charge in [0, 0.05) is 0 Å². The van der Waals surface area contributed by atoms with E-state index in [1.807, 2.05) is 30.3 Å². The minimum Gasteiger partial charge on any atom is -1.00 e. The van der Waals surface area contributed by atoms with Gasteiger partial charge >= 0.3 is 95.9 Å². The molecule has 0 saturated carbocycles. The van der Waals surface area contributed by atoms with Crippen molar-refractivity contribution in [2.75, 3.05) is 0 Å². The van der Waals surface area contributed by atoms with Gasteiger partial charge in [0.15, 0.2) is 0 Å². The summed E-state index contributed by atoms with van der Waals surface area (Å²) in [7, 11) is 0. The van der Waals surface area contributed by atoms with Crippen LogP contribution in [-0.4, -0.2) is 3.21 Å². The van der Waals surface area contributed by atoms with Crippen molar-refractivity contribution in [2.45, 2.75) is 91.4 Å². The van der Waals surface area contributed by atoms with Crippen molar-refractivity contribution < 1.29 is 49.0 Å². The van der Waals surface area contributed by atoms with E-state index in [0.29, 0.717) is 0 Å². The maximum absolute atomic E-state index is 3.88. The Morgan fingerprint density at radius 2 is 1.17 bits per heavy atom. The molecule has 53 heavy (non-hydrogen) atoms. The molecule has 0 amide bonds. The van der Waals surface area contributed by atoms with Gasteiger partial charge in [0.1, 0.15) is 0 Å². The largest absolute Gasteiger partial charge is 1.00 e. The van der Waals surface area contributed by atoms with E-state index in [2.05, 4.69) is 164 Å². The van der Waals surface area contributed by atoms with Gasteiger partial charge < -0.3 is 24.8 Å². The van der Waals surface area contributed by atoms with Crippen molar-refractivity contribution in [3.8, 4) is 33.4 Å². The van der Waals surface area contributed by atoms with E-state index in [-0.39, 0.29) is 35.6 Å². The van der Waals surface area contributed by atoms with E-state index in [9.17, 15) is 0 Å². The van der Waals surface area contributed by atoms with Gasteiger partial charge in [-0.05, 0) is 39.5 Å². The molecule has 1 aliphatic rings. The van der Waals surface area contributed by atoms with Gasteiger partial charge in [0.05, 0.1) is 0 Å². The van der Waals surface area contributed by atoms with Gasteiger partial charge in [-0.1, -0.05) is 131 Å². The molecule has 6 aromatic rings. The van der Waals surface area contributed by atoms with Crippen LogP contribution in [-0.2, 0) is 47.9 Å². The van der Waals surface area contributed by atoms with Crippen LogP contribution in [0, 0.1) is 6.07 Å². The predicted molar refractivity (Wildman–Crippen MR) is 219 cm³/mol. The molecule has 0 radical (unpaired) electrons. The monoisotopic (exact) mass is 814 g/mol. The molecule has 0 heterocycles. The number of halogens is 2. The second-order valence-electron chi connectivity index (χ2n) is 15.7. The van der Waals surface area contributed by atoms with Crippen molar-refractivity contribution in [1.29, 1.82) is 0 Å². The maximum atomic E-state index is 3.88. The summed E-state index contributed by atoms with van der Waals surface area (Å²) in [6, 6.07) is 53.6. The summed E-state index contributed by atoms with van der Waals surface area (Å²) in [5.74, 6) is 0. The van der Waals surface area contributed by atoms with Crippen LogP contribution >= 0.6 is 0 Å². The zero-order valence-corrected chi connectivity index (χ0v) is 36.5. The summed E-state index contributed by atoms with van der Waals surface area (Å²) >= 11 is 1.61. The smallest absolute Gasteiger partial charge is 0.172 e. The summed E-state index contributed by atoms with van der Waals surface area (Å²) in [5, 5.41) is 0. The Kier molecular flexibility index (Phi) is 17.1. The summed E-state index contributed by atoms with van der Waals surface area (Å²) in [4.78, 5) is 0. The molecule has 0 saturated heterocycles. The fourth-order valence-corrected chi connectivity index (χ4v) is 7.68. The fourth-order valence-electron chi connectivity index (χ4n) is 6.74. The Labute approximate surface area is 348 Å². The van der Waals surface area contributed by atoms with Crippen LogP contribution < -0.4 is 24.8 Å². The molecule has 0 aromatic heterocycles. The van der Waals surface area contributed by atoms with E-state index in [1.54, 1.807) is 27.4 Å². The molecule has 0 aliphatic heterocycles. The molecule has 0 unspecified atom stereocenters. The molecule has 1 aliphatic carbocycles. The van der Waals surface area contributed by atoms with Crippen molar-refractivity contribution in [3.63, 3.8) is 0 Å². The van der Waals surface area contributed by atoms with Gasteiger partial charge in [-0.15, -0.1) is 28.8 Å². The normalized spacial score (nSPS) is 11.3. The van der Waals surface area contributed by atoms with Gasteiger partial charge in [-0.3, -0.25) is 0 Å².